The second-order valence-electron chi connectivity index (χ2n) is 4.14. The standard InChI is InChI=1S/C12H16ClN5S/c1-2-3-6-18-12(15-16-17-18)8-19-11-5-4-9(13)7-10(11)14/h4-5,7H,2-3,6,8,14H2,1H3. The minimum atomic E-state index is 0.648. The third kappa shape index (κ3) is 3.84. The number of nitrogens with two attached hydrogens (primary N) is 1. The summed E-state index contributed by atoms with van der Waals surface area (Å²) >= 11 is 7.49. The van der Waals surface area contributed by atoms with Gasteiger partial charge in [0.1, 0.15) is 0 Å². The number of unbranched alkanes of at least 4 members (excludes halogenated alkanes) is 1. The monoisotopic (exact) mass is 297 g/mol. The van der Waals surface area contributed by atoms with Gasteiger partial charge in [-0.05, 0) is 35.0 Å². The summed E-state index contributed by atoms with van der Waals surface area (Å²) in [6.45, 7) is 3.00. The summed E-state index contributed by atoms with van der Waals surface area (Å²) in [7, 11) is 0. The van der Waals surface area contributed by atoms with Gasteiger partial charge in [-0.25, -0.2) is 4.68 Å². The summed E-state index contributed by atoms with van der Waals surface area (Å²) < 4.78 is 1.85. The van der Waals surface area contributed by atoms with Crippen LogP contribution in [0.25, 0.3) is 0 Å². The van der Waals surface area contributed by atoms with Crippen LogP contribution in [0.15, 0.2) is 23.1 Å². The van der Waals surface area contributed by atoms with Crippen molar-refractivity contribution in [3.8, 4) is 0 Å². The van der Waals surface area contributed by atoms with E-state index in [-0.39, 0.29) is 0 Å². The predicted molar refractivity (Wildman–Crippen MR) is 78.2 cm³/mol. The van der Waals surface area contributed by atoms with Crippen LogP contribution in [-0.2, 0) is 12.3 Å². The molecule has 0 spiro atoms. The number of tetrazole rings is 1. The van der Waals surface area contributed by atoms with E-state index in [1.165, 1.54) is 0 Å². The van der Waals surface area contributed by atoms with E-state index in [9.17, 15) is 0 Å². The number of nitrogens with zero attached hydrogens (tertiary/aromatic N) is 4. The molecule has 102 valence electrons. The first kappa shape index (κ1) is 14.1. The minimum absolute atomic E-state index is 0.648. The van der Waals surface area contributed by atoms with Gasteiger partial charge in [-0.3, -0.25) is 0 Å². The summed E-state index contributed by atoms with van der Waals surface area (Å²) in [5, 5.41) is 12.4. The van der Waals surface area contributed by atoms with E-state index in [1.54, 1.807) is 17.8 Å². The van der Waals surface area contributed by atoms with E-state index in [1.807, 2.05) is 16.8 Å². The van der Waals surface area contributed by atoms with Gasteiger partial charge >= 0.3 is 0 Å². The highest BCUT2D eigenvalue weighted by Crippen LogP contribution is 2.29. The molecule has 2 rings (SSSR count). The Bertz CT molecular complexity index is 543. The van der Waals surface area contributed by atoms with Crippen molar-refractivity contribution < 1.29 is 0 Å². The van der Waals surface area contributed by atoms with E-state index < -0.39 is 0 Å². The van der Waals surface area contributed by atoms with Crippen LogP contribution < -0.4 is 5.73 Å². The van der Waals surface area contributed by atoms with Crippen LogP contribution in [0.3, 0.4) is 0 Å². The Morgan fingerprint density at radius 2 is 2.26 bits per heavy atom. The van der Waals surface area contributed by atoms with Gasteiger partial charge < -0.3 is 5.73 Å². The molecule has 7 heteroatoms. The lowest BCUT2D eigenvalue weighted by Gasteiger charge is -2.06. The van der Waals surface area contributed by atoms with Crippen molar-refractivity contribution in [3.63, 3.8) is 0 Å². The fourth-order valence-corrected chi connectivity index (χ4v) is 2.66. The molecule has 0 aliphatic rings. The summed E-state index contributed by atoms with van der Waals surface area (Å²) in [5.74, 6) is 1.57. The molecule has 0 aliphatic heterocycles. The average Bonchev–Trinajstić information content (AvgIpc) is 2.83. The van der Waals surface area contributed by atoms with Gasteiger partial charge in [-0.15, -0.1) is 16.9 Å². The number of halogens is 1. The quantitative estimate of drug-likeness (QED) is 0.655. The number of nitrogen functional groups attached to an aromatic ring is 1. The van der Waals surface area contributed by atoms with Crippen molar-refractivity contribution in [3.05, 3.63) is 29.0 Å². The van der Waals surface area contributed by atoms with Crippen LogP contribution >= 0.6 is 23.4 Å². The van der Waals surface area contributed by atoms with Gasteiger partial charge in [0.2, 0.25) is 0 Å². The van der Waals surface area contributed by atoms with E-state index in [2.05, 4.69) is 22.4 Å². The molecule has 0 atom stereocenters. The number of hydrogen-bond donors (Lipinski definition) is 1. The Morgan fingerprint density at radius 3 is 3.00 bits per heavy atom. The Labute approximate surface area is 121 Å². The van der Waals surface area contributed by atoms with Crippen LogP contribution in [0.2, 0.25) is 5.02 Å². The van der Waals surface area contributed by atoms with Crippen molar-refractivity contribution in [2.75, 3.05) is 5.73 Å². The molecule has 2 N–H and O–H groups in total. The molecule has 1 aromatic heterocycles. The number of aromatic nitrogens is 4. The maximum Gasteiger partial charge on any atom is 0.161 e. The predicted octanol–water partition coefficient (Wildman–Crippen LogP) is 3.00. The zero-order valence-corrected chi connectivity index (χ0v) is 12.3. The first-order chi connectivity index (χ1) is 9.20. The molecular weight excluding hydrogens is 282 g/mol. The number of rotatable bonds is 6. The molecular formula is C12H16ClN5S. The molecule has 0 radical (unpaired) electrons. The largest absolute Gasteiger partial charge is 0.398 e. The normalized spacial score (nSPS) is 10.8. The third-order valence-corrected chi connectivity index (χ3v) is 3.98. The van der Waals surface area contributed by atoms with Crippen molar-refractivity contribution >= 4 is 29.1 Å². The Morgan fingerprint density at radius 1 is 1.42 bits per heavy atom. The highest BCUT2D eigenvalue weighted by atomic mass is 35.5. The molecule has 5 nitrogen and oxygen atoms in total. The molecule has 0 saturated carbocycles. The molecule has 0 saturated heterocycles. The second-order valence-corrected chi connectivity index (χ2v) is 5.60. The van der Waals surface area contributed by atoms with Crippen LogP contribution in [0.1, 0.15) is 25.6 Å². The molecule has 2 aromatic rings. The van der Waals surface area contributed by atoms with Gasteiger partial charge in [0.25, 0.3) is 0 Å². The summed E-state index contributed by atoms with van der Waals surface area (Å²) in [6.07, 6.45) is 2.20. The summed E-state index contributed by atoms with van der Waals surface area (Å²) in [6, 6.07) is 5.51. The van der Waals surface area contributed by atoms with E-state index in [4.69, 9.17) is 17.3 Å². The lowest BCUT2D eigenvalue weighted by molar-refractivity contribution is 0.540. The zero-order valence-electron chi connectivity index (χ0n) is 10.7. The molecule has 0 amide bonds. The highest BCUT2D eigenvalue weighted by Gasteiger charge is 2.08. The number of aryl methyl sites for hydroxylation is 1. The molecule has 0 unspecified atom stereocenters. The minimum Gasteiger partial charge on any atom is -0.398 e. The van der Waals surface area contributed by atoms with Gasteiger partial charge in [-0.2, -0.15) is 0 Å². The lowest BCUT2D eigenvalue weighted by Crippen LogP contribution is -2.05. The molecule has 19 heavy (non-hydrogen) atoms. The number of thioether (sulfide) groups is 1. The van der Waals surface area contributed by atoms with Gasteiger partial charge in [0, 0.05) is 22.2 Å². The Balaban J connectivity index is 2.00. The molecule has 0 bridgehead atoms. The first-order valence-electron chi connectivity index (χ1n) is 6.13. The first-order valence-corrected chi connectivity index (χ1v) is 7.50. The molecule has 1 aromatic carbocycles. The molecule has 0 fully saturated rings. The van der Waals surface area contributed by atoms with E-state index >= 15 is 0 Å². The number of hydrogen-bond acceptors (Lipinski definition) is 5. The van der Waals surface area contributed by atoms with Gasteiger partial charge in [-0.1, -0.05) is 24.9 Å². The number of anilines is 1. The lowest BCUT2D eigenvalue weighted by atomic mass is 10.3. The fraction of sp³-hybridized carbons (Fsp3) is 0.417. The molecule has 0 aliphatic carbocycles. The van der Waals surface area contributed by atoms with Crippen molar-refractivity contribution in [1.29, 1.82) is 0 Å². The van der Waals surface area contributed by atoms with Crippen LogP contribution in [-0.4, -0.2) is 20.2 Å². The number of benzene rings is 1. The van der Waals surface area contributed by atoms with E-state index in [0.717, 1.165) is 30.1 Å². The highest BCUT2D eigenvalue weighted by molar-refractivity contribution is 7.98. The topological polar surface area (TPSA) is 69.6 Å². The average molecular weight is 298 g/mol. The fourth-order valence-electron chi connectivity index (χ4n) is 1.60. The summed E-state index contributed by atoms with van der Waals surface area (Å²) in [5.41, 5.74) is 6.60. The zero-order chi connectivity index (χ0) is 13.7. The maximum absolute atomic E-state index is 5.92. The van der Waals surface area contributed by atoms with Crippen molar-refractivity contribution in [2.24, 2.45) is 0 Å². The Kier molecular flexibility index (Phi) is 5.04. The third-order valence-electron chi connectivity index (χ3n) is 2.66. The maximum atomic E-state index is 5.92. The summed E-state index contributed by atoms with van der Waals surface area (Å²) in [4.78, 5) is 0.995. The second kappa shape index (κ2) is 6.77. The van der Waals surface area contributed by atoms with Crippen molar-refractivity contribution in [1.82, 2.24) is 20.2 Å². The smallest absolute Gasteiger partial charge is 0.161 e. The van der Waals surface area contributed by atoms with Gasteiger partial charge in [0.05, 0.1) is 5.75 Å². The van der Waals surface area contributed by atoms with Crippen LogP contribution in [0.4, 0.5) is 5.69 Å². The van der Waals surface area contributed by atoms with Gasteiger partial charge in [0.15, 0.2) is 5.82 Å². The Hall–Kier alpha value is -1.27. The molecule has 1 heterocycles. The van der Waals surface area contributed by atoms with Crippen LogP contribution in [0.5, 0.6) is 0 Å². The van der Waals surface area contributed by atoms with Crippen molar-refractivity contribution in [2.45, 2.75) is 37.0 Å². The van der Waals surface area contributed by atoms with Crippen LogP contribution in [0, 0.1) is 0 Å². The SMILES string of the molecule is CCCCn1nnnc1CSc1ccc(Cl)cc1N. The van der Waals surface area contributed by atoms with E-state index in [0.29, 0.717) is 16.5 Å².